The van der Waals surface area contributed by atoms with E-state index in [1.54, 1.807) is 0 Å². The quantitative estimate of drug-likeness (QED) is 0.773. The summed E-state index contributed by atoms with van der Waals surface area (Å²) in [4.78, 5) is 4.41. The van der Waals surface area contributed by atoms with E-state index in [1.807, 2.05) is 0 Å². The Kier molecular flexibility index (Phi) is 1.54. The molecule has 0 aromatic carbocycles. The Labute approximate surface area is 82.9 Å². The molecule has 0 bridgehead atoms. The summed E-state index contributed by atoms with van der Waals surface area (Å²) in [6.07, 6.45) is 4.33. The van der Waals surface area contributed by atoms with Crippen molar-refractivity contribution >= 4 is 0 Å². The normalized spacial score (nSPS) is 33.9. The lowest BCUT2D eigenvalue weighted by Gasteiger charge is -2.33. The second-order valence-corrected chi connectivity index (χ2v) is 4.79. The highest BCUT2D eigenvalue weighted by molar-refractivity contribution is 5.12. The number of aromatic nitrogens is 2. The molecule has 0 aliphatic heterocycles. The number of nitrogens with zero attached hydrogens (tertiary/aromatic N) is 2. The molecule has 1 aromatic rings. The van der Waals surface area contributed by atoms with Crippen molar-refractivity contribution in [1.29, 1.82) is 0 Å². The van der Waals surface area contributed by atoms with Crippen LogP contribution in [0.2, 0.25) is 0 Å². The maximum Gasteiger partial charge on any atom is 0.246 e. The van der Waals surface area contributed by atoms with Crippen LogP contribution in [0.3, 0.4) is 0 Å². The lowest BCUT2D eigenvalue weighted by molar-refractivity contribution is 0.181. The summed E-state index contributed by atoms with van der Waals surface area (Å²) in [5.41, 5.74) is 5.79. The third-order valence-electron chi connectivity index (χ3n) is 3.55. The van der Waals surface area contributed by atoms with Crippen molar-refractivity contribution in [3.05, 3.63) is 11.7 Å². The van der Waals surface area contributed by atoms with Crippen LogP contribution in [0.25, 0.3) is 0 Å². The topological polar surface area (TPSA) is 64.9 Å². The van der Waals surface area contributed by atoms with Gasteiger partial charge in [-0.15, -0.1) is 0 Å². The van der Waals surface area contributed by atoms with Crippen LogP contribution in [0.1, 0.15) is 50.2 Å². The fraction of sp³-hybridized carbons (Fsp3) is 0.800. The standard InChI is InChI=1S/C10H15N3O/c1-6-5-7(6)8-12-9(14-13-8)10(11)3-2-4-10/h6-7H,2-5,11H2,1H3. The molecule has 0 radical (unpaired) electrons. The first kappa shape index (κ1) is 8.41. The molecule has 4 heteroatoms. The fourth-order valence-corrected chi connectivity index (χ4v) is 2.04. The highest BCUT2D eigenvalue weighted by Gasteiger charge is 2.43. The van der Waals surface area contributed by atoms with Gasteiger partial charge in [-0.2, -0.15) is 4.98 Å². The van der Waals surface area contributed by atoms with Crippen LogP contribution in [0.15, 0.2) is 4.52 Å². The summed E-state index contributed by atoms with van der Waals surface area (Å²) in [6.45, 7) is 2.21. The van der Waals surface area contributed by atoms with Crippen LogP contribution in [0.4, 0.5) is 0 Å². The van der Waals surface area contributed by atoms with E-state index in [1.165, 1.54) is 12.8 Å². The maximum atomic E-state index is 6.10. The van der Waals surface area contributed by atoms with Gasteiger partial charge < -0.3 is 10.3 Å². The van der Waals surface area contributed by atoms with Crippen molar-refractivity contribution in [1.82, 2.24) is 10.1 Å². The van der Waals surface area contributed by atoms with E-state index in [4.69, 9.17) is 10.3 Å². The second kappa shape index (κ2) is 2.57. The lowest BCUT2D eigenvalue weighted by atomic mass is 9.78. The number of nitrogens with two attached hydrogens (primary N) is 1. The van der Waals surface area contributed by atoms with Crippen LogP contribution < -0.4 is 5.73 Å². The predicted molar refractivity (Wildman–Crippen MR) is 50.5 cm³/mol. The van der Waals surface area contributed by atoms with Gasteiger partial charge in [-0.05, 0) is 31.6 Å². The van der Waals surface area contributed by atoms with E-state index in [0.717, 1.165) is 24.6 Å². The summed E-state index contributed by atoms with van der Waals surface area (Å²) >= 11 is 0. The van der Waals surface area contributed by atoms with Gasteiger partial charge in [0, 0.05) is 5.92 Å². The Hall–Kier alpha value is -0.900. The van der Waals surface area contributed by atoms with Crippen molar-refractivity contribution in [2.24, 2.45) is 11.7 Å². The van der Waals surface area contributed by atoms with Crippen molar-refractivity contribution in [3.63, 3.8) is 0 Å². The molecule has 0 amide bonds. The molecule has 3 rings (SSSR count). The van der Waals surface area contributed by atoms with Crippen molar-refractivity contribution in [2.75, 3.05) is 0 Å². The summed E-state index contributed by atoms with van der Waals surface area (Å²) < 4.78 is 5.24. The zero-order chi connectivity index (χ0) is 9.76. The Morgan fingerprint density at radius 2 is 2.21 bits per heavy atom. The first-order valence-corrected chi connectivity index (χ1v) is 5.32. The molecule has 76 valence electrons. The summed E-state index contributed by atoms with van der Waals surface area (Å²) in [5.74, 6) is 2.76. The van der Waals surface area contributed by atoms with E-state index < -0.39 is 0 Å². The Morgan fingerprint density at radius 1 is 1.50 bits per heavy atom. The molecule has 2 saturated carbocycles. The highest BCUT2D eigenvalue weighted by atomic mass is 16.5. The molecule has 1 heterocycles. The lowest BCUT2D eigenvalue weighted by Crippen LogP contribution is -2.43. The van der Waals surface area contributed by atoms with Gasteiger partial charge in [-0.1, -0.05) is 12.1 Å². The van der Waals surface area contributed by atoms with Crippen LogP contribution in [0, 0.1) is 5.92 Å². The smallest absolute Gasteiger partial charge is 0.246 e. The van der Waals surface area contributed by atoms with Gasteiger partial charge in [0.2, 0.25) is 5.89 Å². The highest BCUT2D eigenvalue weighted by Crippen LogP contribution is 2.46. The van der Waals surface area contributed by atoms with Crippen LogP contribution in [-0.4, -0.2) is 10.1 Å². The molecule has 2 aliphatic carbocycles. The second-order valence-electron chi connectivity index (χ2n) is 4.79. The number of hydrogen-bond acceptors (Lipinski definition) is 4. The van der Waals surface area contributed by atoms with Gasteiger partial charge in [0.25, 0.3) is 0 Å². The van der Waals surface area contributed by atoms with E-state index in [0.29, 0.717) is 11.8 Å². The van der Waals surface area contributed by atoms with E-state index >= 15 is 0 Å². The Balaban J connectivity index is 1.83. The summed E-state index contributed by atoms with van der Waals surface area (Å²) in [5, 5.41) is 4.01. The third-order valence-corrected chi connectivity index (χ3v) is 3.55. The van der Waals surface area contributed by atoms with Crippen molar-refractivity contribution < 1.29 is 4.52 Å². The van der Waals surface area contributed by atoms with Gasteiger partial charge in [0.05, 0.1) is 5.54 Å². The van der Waals surface area contributed by atoms with E-state index in [2.05, 4.69) is 17.1 Å². The first-order valence-electron chi connectivity index (χ1n) is 5.32. The van der Waals surface area contributed by atoms with Gasteiger partial charge in [-0.3, -0.25) is 0 Å². The zero-order valence-corrected chi connectivity index (χ0v) is 8.36. The van der Waals surface area contributed by atoms with Crippen molar-refractivity contribution in [3.8, 4) is 0 Å². The summed E-state index contributed by atoms with van der Waals surface area (Å²) in [6, 6.07) is 0. The molecule has 0 spiro atoms. The molecule has 4 nitrogen and oxygen atoms in total. The average molecular weight is 193 g/mol. The van der Waals surface area contributed by atoms with Crippen LogP contribution in [-0.2, 0) is 5.54 Å². The molecule has 2 unspecified atom stereocenters. The van der Waals surface area contributed by atoms with Crippen LogP contribution >= 0.6 is 0 Å². The zero-order valence-electron chi connectivity index (χ0n) is 8.36. The van der Waals surface area contributed by atoms with Crippen LogP contribution in [0.5, 0.6) is 0 Å². The largest absolute Gasteiger partial charge is 0.337 e. The van der Waals surface area contributed by atoms with Gasteiger partial charge in [0.1, 0.15) is 0 Å². The monoisotopic (exact) mass is 193 g/mol. The van der Waals surface area contributed by atoms with Gasteiger partial charge >= 0.3 is 0 Å². The fourth-order valence-electron chi connectivity index (χ4n) is 2.04. The van der Waals surface area contributed by atoms with Gasteiger partial charge in [-0.25, -0.2) is 0 Å². The molecular weight excluding hydrogens is 178 g/mol. The minimum atomic E-state index is -0.302. The average Bonchev–Trinajstić information content (AvgIpc) is 2.66. The Morgan fingerprint density at radius 3 is 2.71 bits per heavy atom. The molecule has 2 N–H and O–H groups in total. The molecule has 1 aromatic heterocycles. The maximum absolute atomic E-state index is 6.10. The number of rotatable bonds is 2. The molecule has 2 atom stereocenters. The van der Waals surface area contributed by atoms with Crippen molar-refractivity contribution in [2.45, 2.75) is 44.1 Å². The minimum Gasteiger partial charge on any atom is -0.337 e. The first-order chi connectivity index (χ1) is 6.69. The SMILES string of the molecule is CC1CC1c1noc(C2(N)CCC2)n1. The van der Waals surface area contributed by atoms with E-state index in [9.17, 15) is 0 Å². The molecule has 0 saturated heterocycles. The minimum absolute atomic E-state index is 0.302. The molecule has 2 aliphatic rings. The third kappa shape index (κ3) is 1.10. The predicted octanol–water partition coefficient (Wildman–Crippen LogP) is 1.53. The molecule has 14 heavy (non-hydrogen) atoms. The molecular formula is C10H15N3O. The molecule has 2 fully saturated rings. The van der Waals surface area contributed by atoms with Gasteiger partial charge in [0.15, 0.2) is 5.82 Å². The summed E-state index contributed by atoms with van der Waals surface area (Å²) in [7, 11) is 0. The number of hydrogen-bond donors (Lipinski definition) is 1. The Bertz CT molecular complexity index is 356. The van der Waals surface area contributed by atoms with E-state index in [-0.39, 0.29) is 5.54 Å².